The Morgan fingerprint density at radius 3 is 2.65 bits per heavy atom. The lowest BCUT2D eigenvalue weighted by Gasteiger charge is -2.24. The van der Waals surface area contributed by atoms with E-state index in [0.717, 1.165) is 12.5 Å². The van der Waals surface area contributed by atoms with Crippen molar-refractivity contribution in [1.29, 1.82) is 0 Å². The Labute approximate surface area is 128 Å². The highest BCUT2D eigenvalue weighted by Crippen LogP contribution is 2.37. The molecule has 1 aromatic rings. The van der Waals surface area contributed by atoms with E-state index in [2.05, 4.69) is 26.2 Å². The van der Waals surface area contributed by atoms with Gasteiger partial charge in [0.25, 0.3) is 0 Å². The molecule has 2 atom stereocenters. The molecular weight excluding hydrogens is 353 g/mol. The SMILES string of the molecule is CC1CC(C)SC(Nc2ccc(Br)cc2C(F)(F)F)=N1. The van der Waals surface area contributed by atoms with Gasteiger partial charge in [-0.1, -0.05) is 34.6 Å². The molecule has 20 heavy (non-hydrogen) atoms. The first-order valence-electron chi connectivity index (χ1n) is 6.14. The quantitative estimate of drug-likeness (QED) is 0.743. The lowest BCUT2D eigenvalue weighted by atomic mass is 10.1. The van der Waals surface area contributed by atoms with Crippen molar-refractivity contribution >= 4 is 38.5 Å². The van der Waals surface area contributed by atoms with Crippen LogP contribution in [-0.4, -0.2) is 16.5 Å². The maximum Gasteiger partial charge on any atom is 0.418 e. The molecule has 0 saturated heterocycles. The van der Waals surface area contributed by atoms with Crippen molar-refractivity contribution in [3.05, 3.63) is 28.2 Å². The van der Waals surface area contributed by atoms with Gasteiger partial charge in [0, 0.05) is 9.72 Å². The molecule has 110 valence electrons. The number of hydrogen-bond acceptors (Lipinski definition) is 3. The largest absolute Gasteiger partial charge is 0.418 e. The number of aliphatic imine (C=N–C) groups is 1. The van der Waals surface area contributed by atoms with Crippen LogP contribution in [0, 0.1) is 0 Å². The molecule has 1 heterocycles. The maximum absolute atomic E-state index is 13.0. The predicted molar refractivity (Wildman–Crippen MR) is 81.3 cm³/mol. The molecule has 1 aliphatic heterocycles. The first-order chi connectivity index (χ1) is 9.25. The Morgan fingerprint density at radius 2 is 2.05 bits per heavy atom. The standard InChI is InChI=1S/C13H14BrF3N2S/c1-7-5-8(2)20-12(18-7)19-11-4-3-9(14)6-10(11)13(15,16)17/h3-4,6-8H,5H2,1-2H3,(H,18,19). The molecule has 0 aliphatic carbocycles. The number of nitrogens with one attached hydrogen (secondary N) is 1. The number of halogens is 4. The third-order valence-corrected chi connectivity index (χ3v) is 4.37. The molecule has 0 amide bonds. The summed E-state index contributed by atoms with van der Waals surface area (Å²) in [6, 6.07) is 4.19. The van der Waals surface area contributed by atoms with E-state index < -0.39 is 11.7 Å². The minimum atomic E-state index is -4.40. The Kier molecular flexibility index (Phi) is 4.69. The monoisotopic (exact) mass is 366 g/mol. The van der Waals surface area contributed by atoms with Crippen LogP contribution in [0.15, 0.2) is 27.7 Å². The summed E-state index contributed by atoms with van der Waals surface area (Å²) in [6.07, 6.45) is -3.47. The van der Waals surface area contributed by atoms with Crippen molar-refractivity contribution in [2.75, 3.05) is 5.32 Å². The summed E-state index contributed by atoms with van der Waals surface area (Å²) in [5.74, 6) is 0. The molecule has 0 saturated carbocycles. The fourth-order valence-corrected chi connectivity index (χ4v) is 3.57. The van der Waals surface area contributed by atoms with Gasteiger partial charge in [0.15, 0.2) is 5.17 Å². The van der Waals surface area contributed by atoms with Gasteiger partial charge in [0.2, 0.25) is 0 Å². The zero-order valence-corrected chi connectivity index (χ0v) is 13.4. The summed E-state index contributed by atoms with van der Waals surface area (Å²) in [4.78, 5) is 4.36. The van der Waals surface area contributed by atoms with Crippen LogP contribution in [0.3, 0.4) is 0 Å². The fraction of sp³-hybridized carbons (Fsp3) is 0.462. The van der Waals surface area contributed by atoms with Crippen molar-refractivity contribution in [1.82, 2.24) is 0 Å². The smallest absolute Gasteiger partial charge is 0.334 e. The summed E-state index contributed by atoms with van der Waals surface area (Å²) in [7, 11) is 0. The molecule has 1 aromatic carbocycles. The first kappa shape index (κ1) is 15.7. The van der Waals surface area contributed by atoms with E-state index in [1.807, 2.05) is 13.8 Å². The summed E-state index contributed by atoms with van der Waals surface area (Å²) in [5.41, 5.74) is -0.658. The van der Waals surface area contributed by atoms with Crippen LogP contribution < -0.4 is 5.32 Å². The summed E-state index contributed by atoms with van der Waals surface area (Å²) in [6.45, 7) is 4.01. The number of alkyl halides is 3. The molecule has 0 fully saturated rings. The number of anilines is 1. The van der Waals surface area contributed by atoms with Gasteiger partial charge in [-0.15, -0.1) is 0 Å². The van der Waals surface area contributed by atoms with Crippen LogP contribution in [0.5, 0.6) is 0 Å². The van der Waals surface area contributed by atoms with E-state index in [1.165, 1.54) is 17.8 Å². The molecule has 0 aromatic heterocycles. The number of rotatable bonds is 1. The van der Waals surface area contributed by atoms with Crippen LogP contribution >= 0.6 is 27.7 Å². The highest BCUT2D eigenvalue weighted by atomic mass is 79.9. The second kappa shape index (κ2) is 5.97. The van der Waals surface area contributed by atoms with E-state index in [0.29, 0.717) is 14.9 Å². The molecule has 2 unspecified atom stereocenters. The topological polar surface area (TPSA) is 24.4 Å². The van der Waals surface area contributed by atoms with Gasteiger partial charge in [0.05, 0.1) is 17.3 Å². The van der Waals surface area contributed by atoms with Crippen LogP contribution in [0.1, 0.15) is 25.8 Å². The lowest BCUT2D eigenvalue weighted by molar-refractivity contribution is -0.136. The predicted octanol–water partition coefficient (Wildman–Crippen LogP) is 5.15. The third-order valence-electron chi connectivity index (χ3n) is 2.85. The number of benzene rings is 1. The van der Waals surface area contributed by atoms with Gasteiger partial charge >= 0.3 is 6.18 Å². The lowest BCUT2D eigenvalue weighted by Crippen LogP contribution is -2.23. The maximum atomic E-state index is 13.0. The molecular formula is C13H14BrF3N2S. The Bertz CT molecular complexity index is 531. The van der Waals surface area contributed by atoms with E-state index in [9.17, 15) is 13.2 Å². The zero-order chi connectivity index (χ0) is 14.9. The van der Waals surface area contributed by atoms with Crippen LogP contribution in [0.2, 0.25) is 0 Å². The molecule has 7 heteroatoms. The highest BCUT2D eigenvalue weighted by Gasteiger charge is 2.34. The number of amidine groups is 1. The van der Waals surface area contributed by atoms with Crippen molar-refractivity contribution in [3.63, 3.8) is 0 Å². The Balaban J connectivity index is 2.30. The Morgan fingerprint density at radius 1 is 1.35 bits per heavy atom. The number of thioether (sulfide) groups is 1. The van der Waals surface area contributed by atoms with Gasteiger partial charge < -0.3 is 5.32 Å². The van der Waals surface area contributed by atoms with Crippen LogP contribution in [0.25, 0.3) is 0 Å². The van der Waals surface area contributed by atoms with Gasteiger partial charge in [-0.3, -0.25) is 4.99 Å². The second-order valence-electron chi connectivity index (χ2n) is 4.76. The molecule has 2 rings (SSSR count). The molecule has 0 spiro atoms. The molecule has 1 N–H and O–H groups in total. The van der Waals surface area contributed by atoms with Crippen LogP contribution in [0.4, 0.5) is 18.9 Å². The molecule has 0 bridgehead atoms. The number of nitrogens with zero attached hydrogens (tertiary/aromatic N) is 1. The van der Waals surface area contributed by atoms with Crippen molar-refractivity contribution in [2.45, 2.75) is 37.7 Å². The minimum Gasteiger partial charge on any atom is -0.334 e. The van der Waals surface area contributed by atoms with E-state index in [-0.39, 0.29) is 11.7 Å². The van der Waals surface area contributed by atoms with E-state index in [1.54, 1.807) is 6.07 Å². The van der Waals surface area contributed by atoms with Crippen molar-refractivity contribution in [2.24, 2.45) is 4.99 Å². The summed E-state index contributed by atoms with van der Waals surface area (Å²) in [5, 5.41) is 3.70. The van der Waals surface area contributed by atoms with Crippen molar-refractivity contribution < 1.29 is 13.2 Å². The van der Waals surface area contributed by atoms with Gasteiger partial charge in [0.1, 0.15) is 0 Å². The average Bonchev–Trinajstić information content (AvgIpc) is 2.28. The molecule has 0 radical (unpaired) electrons. The summed E-state index contributed by atoms with van der Waals surface area (Å²) < 4.78 is 39.5. The second-order valence-corrected chi connectivity index (χ2v) is 7.10. The molecule has 2 nitrogen and oxygen atoms in total. The first-order valence-corrected chi connectivity index (χ1v) is 7.81. The minimum absolute atomic E-state index is 0.0354. The summed E-state index contributed by atoms with van der Waals surface area (Å²) >= 11 is 4.54. The zero-order valence-electron chi connectivity index (χ0n) is 11.0. The van der Waals surface area contributed by atoms with Gasteiger partial charge in [-0.25, -0.2) is 0 Å². The van der Waals surface area contributed by atoms with Gasteiger partial charge in [-0.05, 0) is 31.5 Å². The number of hydrogen-bond donors (Lipinski definition) is 1. The molecule has 1 aliphatic rings. The van der Waals surface area contributed by atoms with Crippen LogP contribution in [-0.2, 0) is 6.18 Å². The fourth-order valence-electron chi connectivity index (χ4n) is 2.04. The normalized spacial score (nSPS) is 23.4. The van der Waals surface area contributed by atoms with Crippen molar-refractivity contribution in [3.8, 4) is 0 Å². The average molecular weight is 367 g/mol. The Hall–Kier alpha value is -0.690. The van der Waals surface area contributed by atoms with E-state index >= 15 is 0 Å². The third kappa shape index (κ3) is 3.91. The van der Waals surface area contributed by atoms with E-state index in [4.69, 9.17) is 0 Å². The highest BCUT2D eigenvalue weighted by molar-refractivity contribution is 9.10. The van der Waals surface area contributed by atoms with Gasteiger partial charge in [-0.2, -0.15) is 13.2 Å².